The van der Waals surface area contributed by atoms with Gasteiger partial charge in [-0.2, -0.15) is 0 Å². The molecule has 5 rings (SSSR count). The van der Waals surface area contributed by atoms with E-state index in [2.05, 4.69) is 16.0 Å². The number of halogens is 1. The van der Waals surface area contributed by atoms with Gasteiger partial charge < -0.3 is 49.8 Å². The van der Waals surface area contributed by atoms with Crippen LogP contribution in [0.1, 0.15) is 50.4 Å². The fraction of sp³-hybridized carbons (Fsp3) is 0.432. The number of urea groups is 2. The second-order valence-corrected chi connectivity index (χ2v) is 13.0. The van der Waals surface area contributed by atoms with Crippen molar-refractivity contribution < 1.29 is 42.8 Å². The van der Waals surface area contributed by atoms with E-state index in [1.165, 1.54) is 29.2 Å². The first-order valence-electron chi connectivity index (χ1n) is 17.1. The molecule has 0 spiro atoms. The number of hydrogen-bond acceptors (Lipinski definition) is 8. The number of amides is 5. The van der Waals surface area contributed by atoms with Gasteiger partial charge in [-0.15, -0.1) is 0 Å². The van der Waals surface area contributed by atoms with Crippen LogP contribution in [-0.2, 0) is 4.74 Å². The van der Waals surface area contributed by atoms with Crippen LogP contribution in [0.4, 0.5) is 31.0 Å². The van der Waals surface area contributed by atoms with Crippen molar-refractivity contribution in [1.82, 2.24) is 9.80 Å². The number of fused-ring (bicyclic) bond motifs is 2. The summed E-state index contributed by atoms with van der Waals surface area (Å²) < 4.78 is 36.7. The quantitative estimate of drug-likeness (QED) is 0.228. The van der Waals surface area contributed by atoms with E-state index in [9.17, 15) is 23.9 Å². The zero-order chi connectivity index (χ0) is 36.5. The molecule has 0 saturated carbocycles. The highest BCUT2D eigenvalue weighted by atomic mass is 19.1. The summed E-state index contributed by atoms with van der Waals surface area (Å²) in [5, 5.41) is 18.6. The molecule has 5 amide bonds. The zero-order valence-corrected chi connectivity index (χ0v) is 29.3. The Labute approximate surface area is 297 Å². The minimum atomic E-state index is -0.579. The lowest BCUT2D eigenvalue weighted by molar-refractivity contribution is -0.0115. The number of aliphatic hydroxyl groups is 1. The number of benzene rings is 3. The van der Waals surface area contributed by atoms with E-state index in [0.29, 0.717) is 47.3 Å². The van der Waals surface area contributed by atoms with Crippen molar-refractivity contribution in [2.75, 3.05) is 56.1 Å². The molecule has 14 heteroatoms. The highest BCUT2D eigenvalue weighted by molar-refractivity contribution is 6.02. The lowest BCUT2D eigenvalue weighted by Gasteiger charge is -2.35. The number of rotatable bonds is 7. The van der Waals surface area contributed by atoms with Crippen LogP contribution in [0.2, 0.25) is 0 Å². The first-order chi connectivity index (χ1) is 24.5. The monoisotopic (exact) mass is 707 g/mol. The SMILES string of the molecule is C[C@H](CO)N1C[C@H](C)[C@@H](CN(C)C(=O)Nc2ccc(F)cc2)OCCCC[C@H](C)Oc2ccc(NC(=O)Nc3ccc4c(c3)OCO4)cc2C1=O. The average Bonchev–Trinajstić information content (AvgIpc) is 3.58. The van der Waals surface area contributed by atoms with Gasteiger partial charge in [-0.1, -0.05) is 6.92 Å². The van der Waals surface area contributed by atoms with Crippen LogP contribution in [-0.4, -0.2) is 91.3 Å². The summed E-state index contributed by atoms with van der Waals surface area (Å²) in [5.74, 6) is 0.398. The molecule has 2 aliphatic heterocycles. The summed E-state index contributed by atoms with van der Waals surface area (Å²) in [7, 11) is 1.64. The molecule has 0 unspecified atom stereocenters. The summed E-state index contributed by atoms with van der Waals surface area (Å²) in [4.78, 5) is 43.5. The molecule has 0 radical (unpaired) electrons. The van der Waals surface area contributed by atoms with E-state index in [-0.39, 0.29) is 44.1 Å². The molecule has 2 heterocycles. The first kappa shape index (κ1) is 37.2. The van der Waals surface area contributed by atoms with Crippen LogP contribution >= 0.6 is 0 Å². The van der Waals surface area contributed by atoms with E-state index < -0.39 is 35.9 Å². The Hall–Kier alpha value is -5.08. The van der Waals surface area contributed by atoms with E-state index in [1.807, 2.05) is 13.8 Å². The summed E-state index contributed by atoms with van der Waals surface area (Å²) in [6, 6.07) is 14.0. The number of likely N-dealkylation sites (N-methyl/N-ethyl adjacent to an activating group) is 1. The molecule has 274 valence electrons. The summed E-state index contributed by atoms with van der Waals surface area (Å²) >= 11 is 0. The molecule has 51 heavy (non-hydrogen) atoms. The maximum Gasteiger partial charge on any atom is 0.323 e. The number of carbonyl (C=O) groups is 3. The fourth-order valence-corrected chi connectivity index (χ4v) is 5.84. The van der Waals surface area contributed by atoms with Crippen molar-refractivity contribution in [2.45, 2.75) is 58.3 Å². The Balaban J connectivity index is 1.35. The Morgan fingerprint density at radius 1 is 0.941 bits per heavy atom. The molecule has 4 atom stereocenters. The number of anilines is 3. The number of nitrogens with one attached hydrogen (secondary N) is 3. The number of aliphatic hydroxyl groups excluding tert-OH is 1. The average molecular weight is 708 g/mol. The van der Waals surface area contributed by atoms with Gasteiger partial charge in [-0.3, -0.25) is 4.79 Å². The van der Waals surface area contributed by atoms with Gasteiger partial charge in [0.25, 0.3) is 5.91 Å². The third kappa shape index (κ3) is 10.0. The maximum absolute atomic E-state index is 14.4. The van der Waals surface area contributed by atoms with E-state index in [4.69, 9.17) is 18.9 Å². The second-order valence-electron chi connectivity index (χ2n) is 13.0. The fourth-order valence-electron chi connectivity index (χ4n) is 5.84. The number of ether oxygens (including phenoxy) is 4. The van der Waals surface area contributed by atoms with Crippen LogP contribution < -0.4 is 30.2 Å². The minimum Gasteiger partial charge on any atom is -0.490 e. The predicted molar refractivity (Wildman–Crippen MR) is 190 cm³/mol. The van der Waals surface area contributed by atoms with Crippen LogP contribution in [0.15, 0.2) is 60.7 Å². The molecule has 2 aliphatic rings. The molecule has 0 fully saturated rings. The topological polar surface area (TPSA) is 151 Å². The van der Waals surface area contributed by atoms with Gasteiger partial charge in [0.15, 0.2) is 11.5 Å². The highest BCUT2D eigenvalue weighted by Crippen LogP contribution is 2.34. The van der Waals surface area contributed by atoms with E-state index >= 15 is 0 Å². The van der Waals surface area contributed by atoms with Crippen molar-refractivity contribution in [2.24, 2.45) is 5.92 Å². The number of hydrogen-bond donors (Lipinski definition) is 4. The third-order valence-corrected chi connectivity index (χ3v) is 8.84. The van der Waals surface area contributed by atoms with Gasteiger partial charge >= 0.3 is 12.1 Å². The van der Waals surface area contributed by atoms with E-state index in [0.717, 1.165) is 12.8 Å². The lowest BCUT2D eigenvalue weighted by Crippen LogP contribution is -2.48. The largest absolute Gasteiger partial charge is 0.490 e. The van der Waals surface area contributed by atoms with Gasteiger partial charge in [0.05, 0.1) is 30.4 Å². The van der Waals surface area contributed by atoms with Crippen molar-refractivity contribution in [1.29, 1.82) is 0 Å². The third-order valence-electron chi connectivity index (χ3n) is 8.84. The van der Waals surface area contributed by atoms with Crippen molar-refractivity contribution >= 4 is 35.0 Å². The molecule has 4 N–H and O–H groups in total. The molecule has 13 nitrogen and oxygen atoms in total. The van der Waals surface area contributed by atoms with Crippen molar-refractivity contribution in [3.63, 3.8) is 0 Å². The number of nitrogens with zero attached hydrogens (tertiary/aromatic N) is 2. The normalized spacial score (nSPS) is 19.9. The van der Waals surface area contributed by atoms with Crippen LogP contribution in [0.25, 0.3) is 0 Å². The smallest absolute Gasteiger partial charge is 0.323 e. The van der Waals surface area contributed by atoms with Gasteiger partial charge in [0.2, 0.25) is 6.79 Å². The van der Waals surface area contributed by atoms with Crippen molar-refractivity contribution in [3.05, 3.63) is 72.0 Å². The molecule has 0 aromatic heterocycles. The Morgan fingerprint density at radius 3 is 2.33 bits per heavy atom. The molecule has 3 aromatic carbocycles. The summed E-state index contributed by atoms with van der Waals surface area (Å²) in [6.07, 6.45) is 1.57. The maximum atomic E-state index is 14.4. The molecular formula is C37H46FN5O8. The standard InChI is InChI=1S/C37H46FN5O8/c1-23-19-43(24(2)21-44)35(45)30-17-28(39-36(46)40-29-13-15-32-33(18-29)50-22-49-32)12-14-31(30)51-25(3)7-5-6-16-48-34(23)20-42(4)37(47)41-27-10-8-26(38)9-11-27/h8-15,17-18,23-25,34,44H,5-7,16,19-22H2,1-4H3,(H,41,47)(H2,39,40,46)/t23-,24+,25-,34+/m0/s1. The first-order valence-corrected chi connectivity index (χ1v) is 17.1. The number of carbonyl (C=O) groups excluding carboxylic acids is 3. The molecule has 0 saturated heterocycles. The predicted octanol–water partition coefficient (Wildman–Crippen LogP) is 6.16. The zero-order valence-electron chi connectivity index (χ0n) is 29.3. The Bertz CT molecular complexity index is 1680. The molecule has 0 aliphatic carbocycles. The lowest BCUT2D eigenvalue weighted by atomic mass is 10.0. The van der Waals surface area contributed by atoms with Crippen LogP contribution in [0.3, 0.4) is 0 Å². The van der Waals surface area contributed by atoms with Gasteiger partial charge in [-0.25, -0.2) is 14.0 Å². The Morgan fingerprint density at radius 2 is 1.61 bits per heavy atom. The van der Waals surface area contributed by atoms with Crippen LogP contribution in [0, 0.1) is 11.7 Å². The summed E-state index contributed by atoms with van der Waals surface area (Å²) in [6.45, 7) is 6.27. The highest BCUT2D eigenvalue weighted by Gasteiger charge is 2.31. The molecule has 0 bridgehead atoms. The van der Waals surface area contributed by atoms with Gasteiger partial charge in [0, 0.05) is 55.8 Å². The van der Waals surface area contributed by atoms with Crippen molar-refractivity contribution in [3.8, 4) is 17.2 Å². The van der Waals surface area contributed by atoms with Gasteiger partial charge in [0.1, 0.15) is 11.6 Å². The Kier molecular flexibility index (Phi) is 12.6. The summed E-state index contributed by atoms with van der Waals surface area (Å²) in [5.41, 5.74) is 1.53. The molecule has 3 aromatic rings. The molecular weight excluding hydrogens is 661 g/mol. The second kappa shape index (κ2) is 17.2. The minimum absolute atomic E-state index is 0.111. The van der Waals surface area contributed by atoms with E-state index in [1.54, 1.807) is 55.3 Å². The van der Waals surface area contributed by atoms with Gasteiger partial charge in [-0.05, 0) is 87.7 Å². The van der Waals surface area contributed by atoms with Crippen LogP contribution in [0.5, 0.6) is 17.2 Å².